The van der Waals surface area contributed by atoms with E-state index in [0.717, 1.165) is 0 Å². The predicted octanol–water partition coefficient (Wildman–Crippen LogP) is 1.88. The molecule has 0 unspecified atom stereocenters. The van der Waals surface area contributed by atoms with E-state index in [1.807, 2.05) is 0 Å². The van der Waals surface area contributed by atoms with Crippen LogP contribution in [-0.4, -0.2) is 29.1 Å². The number of carbonyl (C=O) groups is 1. The summed E-state index contributed by atoms with van der Waals surface area (Å²) in [6, 6.07) is 5.79. The molecule has 0 heterocycles. The average molecular weight is 243 g/mol. The Hall–Kier alpha value is -1.07. The second-order valence-corrected chi connectivity index (χ2v) is 4.37. The Morgan fingerprint density at radius 3 is 2.94 bits per heavy atom. The molecular weight excluding hydrogens is 229 g/mol. The van der Waals surface area contributed by atoms with Crippen LogP contribution in [0.25, 0.3) is 0 Å². The van der Waals surface area contributed by atoms with Crippen molar-refractivity contribution in [2.45, 2.75) is 6.42 Å². The van der Waals surface area contributed by atoms with Crippen LogP contribution in [0.1, 0.15) is 6.42 Å². The Kier molecular flexibility index (Phi) is 5.88. The van der Waals surface area contributed by atoms with Crippen LogP contribution in [0.2, 0.25) is 0 Å². The minimum Gasteiger partial charge on any atom is -0.396 e. The van der Waals surface area contributed by atoms with Gasteiger partial charge in [0.25, 0.3) is 0 Å². The van der Waals surface area contributed by atoms with Gasteiger partial charge in [-0.2, -0.15) is 11.8 Å². The third-order valence-electron chi connectivity index (χ3n) is 1.82. The molecular formula is C11H14FNO2S. The predicted molar refractivity (Wildman–Crippen MR) is 64.1 cm³/mol. The lowest BCUT2D eigenvalue weighted by atomic mass is 10.3. The quantitative estimate of drug-likeness (QED) is 0.750. The van der Waals surface area contributed by atoms with Gasteiger partial charge in [-0.15, -0.1) is 0 Å². The second kappa shape index (κ2) is 7.24. The van der Waals surface area contributed by atoms with Crippen LogP contribution >= 0.6 is 11.8 Å². The number of hydrogen-bond acceptors (Lipinski definition) is 3. The normalized spacial score (nSPS) is 10.1. The molecule has 5 heteroatoms. The Balaban J connectivity index is 2.29. The summed E-state index contributed by atoms with van der Waals surface area (Å²) in [5.41, 5.74) is 0.470. The van der Waals surface area contributed by atoms with E-state index in [4.69, 9.17) is 5.11 Å². The van der Waals surface area contributed by atoms with Crippen molar-refractivity contribution < 1.29 is 14.3 Å². The van der Waals surface area contributed by atoms with Gasteiger partial charge < -0.3 is 10.4 Å². The van der Waals surface area contributed by atoms with E-state index in [1.54, 1.807) is 12.1 Å². The van der Waals surface area contributed by atoms with Crippen molar-refractivity contribution in [1.82, 2.24) is 0 Å². The summed E-state index contributed by atoms with van der Waals surface area (Å²) in [6.45, 7) is 0.121. The fourth-order valence-electron chi connectivity index (χ4n) is 1.12. The zero-order chi connectivity index (χ0) is 11.8. The Morgan fingerprint density at radius 2 is 2.25 bits per heavy atom. The highest BCUT2D eigenvalue weighted by Crippen LogP contribution is 2.10. The first-order valence-electron chi connectivity index (χ1n) is 4.96. The van der Waals surface area contributed by atoms with Crippen LogP contribution in [0.15, 0.2) is 24.3 Å². The Labute approximate surface area is 98.1 Å². The average Bonchev–Trinajstić information content (AvgIpc) is 2.24. The van der Waals surface area contributed by atoms with Crippen LogP contribution in [-0.2, 0) is 4.79 Å². The largest absolute Gasteiger partial charge is 0.396 e. The molecule has 0 aliphatic heterocycles. The van der Waals surface area contributed by atoms with Crippen molar-refractivity contribution in [3.05, 3.63) is 30.1 Å². The third kappa shape index (κ3) is 5.14. The van der Waals surface area contributed by atoms with E-state index in [-0.39, 0.29) is 18.3 Å². The molecule has 0 aliphatic carbocycles. The lowest BCUT2D eigenvalue weighted by Crippen LogP contribution is -2.12. The lowest BCUT2D eigenvalue weighted by molar-refractivity contribution is -0.115. The first-order valence-corrected chi connectivity index (χ1v) is 6.12. The molecule has 2 N–H and O–H groups in total. The molecule has 3 nitrogen and oxygen atoms in total. The van der Waals surface area contributed by atoms with E-state index in [9.17, 15) is 9.18 Å². The van der Waals surface area contributed by atoms with E-state index in [2.05, 4.69) is 5.32 Å². The number of rotatable bonds is 6. The smallest absolute Gasteiger partial charge is 0.225 e. The van der Waals surface area contributed by atoms with Crippen LogP contribution in [0.4, 0.5) is 10.1 Å². The summed E-state index contributed by atoms with van der Waals surface area (Å²) in [5, 5.41) is 11.1. The van der Waals surface area contributed by atoms with Crippen molar-refractivity contribution in [2.24, 2.45) is 0 Å². The topological polar surface area (TPSA) is 49.3 Å². The monoisotopic (exact) mass is 243 g/mol. The molecule has 0 atom stereocenters. The molecule has 0 bridgehead atoms. The number of thioether (sulfide) groups is 1. The summed E-state index contributed by atoms with van der Waals surface area (Å²) in [5.74, 6) is 0.776. The summed E-state index contributed by atoms with van der Waals surface area (Å²) in [6.07, 6.45) is 0.362. The standard InChI is InChI=1S/C11H14FNO2S/c12-9-2-1-3-10(8-9)13-11(15)4-6-16-7-5-14/h1-3,8,14H,4-7H2,(H,13,15). The van der Waals surface area contributed by atoms with Crippen molar-refractivity contribution >= 4 is 23.4 Å². The van der Waals surface area contributed by atoms with Gasteiger partial charge in [0.15, 0.2) is 0 Å². The van der Waals surface area contributed by atoms with Crippen LogP contribution in [0.3, 0.4) is 0 Å². The highest BCUT2D eigenvalue weighted by molar-refractivity contribution is 7.99. The van der Waals surface area contributed by atoms with Gasteiger partial charge in [0.2, 0.25) is 5.91 Å². The Bertz CT molecular complexity index is 347. The lowest BCUT2D eigenvalue weighted by Gasteiger charge is -2.04. The maximum atomic E-state index is 12.8. The molecule has 0 aliphatic rings. The van der Waals surface area contributed by atoms with Gasteiger partial charge in [-0.25, -0.2) is 4.39 Å². The number of aliphatic hydroxyl groups excluding tert-OH is 1. The molecule has 0 saturated heterocycles. The maximum absolute atomic E-state index is 12.8. The fraction of sp³-hybridized carbons (Fsp3) is 0.364. The van der Waals surface area contributed by atoms with E-state index >= 15 is 0 Å². The summed E-state index contributed by atoms with van der Waals surface area (Å²) in [4.78, 5) is 11.4. The van der Waals surface area contributed by atoms with Crippen LogP contribution in [0, 0.1) is 5.82 Å². The van der Waals surface area contributed by atoms with Gasteiger partial charge in [0, 0.05) is 23.6 Å². The van der Waals surface area contributed by atoms with Crippen LogP contribution in [0.5, 0.6) is 0 Å². The van der Waals surface area contributed by atoms with E-state index < -0.39 is 0 Å². The van der Waals surface area contributed by atoms with Gasteiger partial charge >= 0.3 is 0 Å². The molecule has 16 heavy (non-hydrogen) atoms. The first-order chi connectivity index (χ1) is 7.72. The van der Waals surface area contributed by atoms with Crippen molar-refractivity contribution in [1.29, 1.82) is 0 Å². The number of aliphatic hydroxyl groups is 1. The van der Waals surface area contributed by atoms with E-state index in [0.29, 0.717) is 23.6 Å². The maximum Gasteiger partial charge on any atom is 0.225 e. The van der Waals surface area contributed by atoms with Gasteiger partial charge in [-0.3, -0.25) is 4.79 Å². The Morgan fingerprint density at radius 1 is 1.44 bits per heavy atom. The SMILES string of the molecule is O=C(CCSCCO)Nc1cccc(F)c1. The number of halogens is 1. The molecule has 0 radical (unpaired) electrons. The molecule has 1 rings (SSSR count). The minimum atomic E-state index is -0.368. The van der Waals surface area contributed by atoms with Gasteiger partial charge in [0.05, 0.1) is 6.61 Å². The van der Waals surface area contributed by atoms with Gasteiger partial charge in [0.1, 0.15) is 5.82 Å². The number of amides is 1. The summed E-state index contributed by atoms with van der Waals surface area (Å²) in [7, 11) is 0. The third-order valence-corrected chi connectivity index (χ3v) is 2.78. The first kappa shape index (κ1) is 13.0. The highest BCUT2D eigenvalue weighted by atomic mass is 32.2. The van der Waals surface area contributed by atoms with Crippen molar-refractivity contribution in [3.63, 3.8) is 0 Å². The van der Waals surface area contributed by atoms with Gasteiger partial charge in [-0.1, -0.05) is 6.07 Å². The van der Waals surface area contributed by atoms with Gasteiger partial charge in [-0.05, 0) is 18.2 Å². The number of benzene rings is 1. The molecule has 0 saturated carbocycles. The minimum absolute atomic E-state index is 0.121. The number of nitrogens with one attached hydrogen (secondary N) is 1. The van der Waals surface area contributed by atoms with Crippen LogP contribution < -0.4 is 5.32 Å². The number of anilines is 1. The second-order valence-electron chi connectivity index (χ2n) is 3.14. The number of hydrogen-bond donors (Lipinski definition) is 2. The molecule has 1 aromatic rings. The molecule has 0 spiro atoms. The molecule has 88 valence electrons. The summed E-state index contributed by atoms with van der Waals surface area (Å²) < 4.78 is 12.8. The number of carbonyl (C=O) groups excluding carboxylic acids is 1. The zero-order valence-electron chi connectivity index (χ0n) is 8.78. The molecule has 1 amide bonds. The molecule has 0 fully saturated rings. The fourth-order valence-corrected chi connectivity index (χ4v) is 1.78. The highest BCUT2D eigenvalue weighted by Gasteiger charge is 2.02. The zero-order valence-corrected chi connectivity index (χ0v) is 9.60. The van der Waals surface area contributed by atoms with Crippen molar-refractivity contribution in [3.8, 4) is 0 Å². The van der Waals surface area contributed by atoms with E-state index in [1.165, 1.54) is 23.9 Å². The summed E-state index contributed by atoms with van der Waals surface area (Å²) >= 11 is 1.51. The molecule has 1 aromatic carbocycles. The van der Waals surface area contributed by atoms with Crippen molar-refractivity contribution in [2.75, 3.05) is 23.4 Å². The molecule has 0 aromatic heterocycles.